The van der Waals surface area contributed by atoms with Crippen LogP contribution in [-0.2, 0) is 0 Å². The molecule has 2 nitrogen and oxygen atoms in total. The zero-order chi connectivity index (χ0) is 9.42. The molecule has 1 aromatic carbocycles. The van der Waals surface area contributed by atoms with Crippen molar-refractivity contribution in [1.29, 1.82) is 0 Å². The lowest BCUT2D eigenvalue weighted by Crippen LogP contribution is -1.94. The average Bonchev–Trinajstić information content (AvgIpc) is 2.08. The lowest BCUT2D eigenvalue weighted by Gasteiger charge is -2.00. The molecule has 0 atom stereocenters. The summed E-state index contributed by atoms with van der Waals surface area (Å²) >= 11 is 4.25. The van der Waals surface area contributed by atoms with Crippen LogP contribution < -0.4 is 5.63 Å². The number of aryl methyl sites for hydroxylation is 1. The SMILES string of the molecule is Cc1cc2ccc(=O)oc2cc1S. The van der Waals surface area contributed by atoms with E-state index in [9.17, 15) is 4.79 Å². The van der Waals surface area contributed by atoms with E-state index in [-0.39, 0.29) is 5.63 Å². The van der Waals surface area contributed by atoms with Crippen LogP contribution in [0.15, 0.2) is 38.4 Å². The van der Waals surface area contributed by atoms with Crippen LogP contribution in [0.4, 0.5) is 0 Å². The second kappa shape index (κ2) is 2.92. The third-order valence-corrected chi connectivity index (χ3v) is 2.42. The van der Waals surface area contributed by atoms with Gasteiger partial charge in [-0.05, 0) is 30.7 Å². The van der Waals surface area contributed by atoms with Crippen molar-refractivity contribution in [3.63, 3.8) is 0 Å². The predicted molar refractivity (Wildman–Crippen MR) is 54.5 cm³/mol. The normalized spacial score (nSPS) is 10.6. The van der Waals surface area contributed by atoms with Crippen molar-refractivity contribution < 1.29 is 4.42 Å². The minimum absolute atomic E-state index is 0.330. The molecule has 2 aromatic rings. The van der Waals surface area contributed by atoms with Crippen LogP contribution in [0.3, 0.4) is 0 Å². The average molecular weight is 192 g/mol. The fourth-order valence-electron chi connectivity index (χ4n) is 1.22. The molecular formula is C10H8O2S. The molecule has 66 valence electrons. The van der Waals surface area contributed by atoms with Crippen LogP contribution in [-0.4, -0.2) is 0 Å². The van der Waals surface area contributed by atoms with E-state index in [2.05, 4.69) is 12.6 Å². The third-order valence-electron chi connectivity index (χ3n) is 1.94. The summed E-state index contributed by atoms with van der Waals surface area (Å²) in [4.78, 5) is 11.7. The van der Waals surface area contributed by atoms with Gasteiger partial charge in [-0.1, -0.05) is 0 Å². The number of fused-ring (bicyclic) bond motifs is 1. The van der Waals surface area contributed by atoms with Crippen molar-refractivity contribution in [2.24, 2.45) is 0 Å². The zero-order valence-corrected chi connectivity index (χ0v) is 7.97. The van der Waals surface area contributed by atoms with E-state index < -0.39 is 0 Å². The third kappa shape index (κ3) is 1.47. The van der Waals surface area contributed by atoms with Gasteiger partial charge in [-0.3, -0.25) is 0 Å². The summed E-state index contributed by atoms with van der Waals surface area (Å²) in [5, 5.41) is 0.926. The molecule has 0 aliphatic heterocycles. The summed E-state index contributed by atoms with van der Waals surface area (Å²) < 4.78 is 4.99. The van der Waals surface area contributed by atoms with E-state index >= 15 is 0 Å². The minimum atomic E-state index is -0.330. The van der Waals surface area contributed by atoms with Crippen LogP contribution >= 0.6 is 12.6 Å². The topological polar surface area (TPSA) is 30.2 Å². The molecule has 0 N–H and O–H groups in total. The summed E-state index contributed by atoms with van der Waals surface area (Å²) in [6.07, 6.45) is 0. The van der Waals surface area contributed by atoms with Crippen LogP contribution in [0.2, 0.25) is 0 Å². The maximum absolute atomic E-state index is 10.9. The summed E-state index contributed by atoms with van der Waals surface area (Å²) in [7, 11) is 0. The highest BCUT2D eigenvalue weighted by molar-refractivity contribution is 7.80. The Balaban J connectivity index is 2.89. The predicted octanol–water partition coefficient (Wildman–Crippen LogP) is 2.39. The highest BCUT2D eigenvalue weighted by Crippen LogP contribution is 2.20. The Kier molecular flexibility index (Phi) is 1.88. The van der Waals surface area contributed by atoms with Crippen LogP contribution in [0.5, 0.6) is 0 Å². The lowest BCUT2D eigenvalue weighted by molar-refractivity contribution is 0.560. The van der Waals surface area contributed by atoms with Crippen molar-refractivity contribution in [3.8, 4) is 0 Å². The van der Waals surface area contributed by atoms with Gasteiger partial charge < -0.3 is 4.42 Å². The Bertz CT molecular complexity index is 514. The summed E-state index contributed by atoms with van der Waals surface area (Å²) in [6, 6.07) is 6.87. The summed E-state index contributed by atoms with van der Waals surface area (Å²) in [6.45, 7) is 1.97. The highest BCUT2D eigenvalue weighted by Gasteiger charge is 2.00. The standard InChI is InChI=1S/C10H8O2S/c1-6-4-7-2-3-10(11)12-8(7)5-9(6)13/h2-5,13H,1H3. The van der Waals surface area contributed by atoms with Crippen molar-refractivity contribution in [1.82, 2.24) is 0 Å². The highest BCUT2D eigenvalue weighted by atomic mass is 32.1. The van der Waals surface area contributed by atoms with Gasteiger partial charge in [-0.25, -0.2) is 4.79 Å². The molecule has 0 spiro atoms. The Morgan fingerprint density at radius 3 is 2.85 bits per heavy atom. The first-order chi connectivity index (χ1) is 6.16. The number of hydrogen-bond acceptors (Lipinski definition) is 3. The maximum Gasteiger partial charge on any atom is 0.336 e. The van der Waals surface area contributed by atoms with E-state index in [0.29, 0.717) is 5.58 Å². The number of thiol groups is 1. The first-order valence-corrected chi connectivity index (χ1v) is 4.35. The fraction of sp³-hybridized carbons (Fsp3) is 0.100. The van der Waals surface area contributed by atoms with Gasteiger partial charge in [0.2, 0.25) is 0 Å². The van der Waals surface area contributed by atoms with E-state index in [0.717, 1.165) is 15.8 Å². The molecule has 0 saturated carbocycles. The molecular weight excluding hydrogens is 184 g/mol. The van der Waals surface area contributed by atoms with Gasteiger partial charge in [0.1, 0.15) is 5.58 Å². The largest absolute Gasteiger partial charge is 0.423 e. The lowest BCUT2D eigenvalue weighted by atomic mass is 10.1. The van der Waals surface area contributed by atoms with E-state index in [4.69, 9.17) is 4.42 Å². The van der Waals surface area contributed by atoms with Gasteiger partial charge in [0.05, 0.1) is 0 Å². The summed E-state index contributed by atoms with van der Waals surface area (Å²) in [5.74, 6) is 0. The van der Waals surface area contributed by atoms with E-state index in [1.54, 1.807) is 12.1 Å². The number of benzene rings is 1. The molecule has 1 aromatic heterocycles. The second-order valence-corrected chi connectivity index (χ2v) is 3.41. The van der Waals surface area contributed by atoms with Crippen molar-refractivity contribution >= 4 is 23.6 Å². The monoisotopic (exact) mass is 192 g/mol. The summed E-state index contributed by atoms with van der Waals surface area (Å²) in [5.41, 5.74) is 1.33. The smallest absolute Gasteiger partial charge is 0.336 e. The Labute approximate surface area is 80.6 Å². The van der Waals surface area contributed by atoms with Gasteiger partial charge in [0.15, 0.2) is 0 Å². The van der Waals surface area contributed by atoms with Crippen molar-refractivity contribution in [3.05, 3.63) is 40.2 Å². The first-order valence-electron chi connectivity index (χ1n) is 3.90. The number of hydrogen-bond donors (Lipinski definition) is 1. The maximum atomic E-state index is 10.9. The molecule has 0 amide bonds. The molecule has 1 heterocycles. The molecule has 0 fully saturated rings. The number of rotatable bonds is 0. The van der Waals surface area contributed by atoms with E-state index in [1.807, 2.05) is 13.0 Å². The van der Waals surface area contributed by atoms with Gasteiger partial charge in [0.25, 0.3) is 0 Å². The fourth-order valence-corrected chi connectivity index (χ4v) is 1.40. The van der Waals surface area contributed by atoms with Crippen molar-refractivity contribution in [2.45, 2.75) is 11.8 Å². The van der Waals surface area contributed by atoms with Crippen LogP contribution in [0, 0.1) is 6.92 Å². The molecule has 0 bridgehead atoms. The van der Waals surface area contributed by atoms with Gasteiger partial charge in [0, 0.05) is 16.3 Å². The molecule has 0 unspecified atom stereocenters. The van der Waals surface area contributed by atoms with Gasteiger partial charge in [-0.2, -0.15) is 0 Å². The van der Waals surface area contributed by atoms with Crippen LogP contribution in [0.1, 0.15) is 5.56 Å². The van der Waals surface area contributed by atoms with E-state index in [1.165, 1.54) is 6.07 Å². The Hall–Kier alpha value is -1.22. The molecule has 3 heteroatoms. The Morgan fingerprint density at radius 2 is 2.08 bits per heavy atom. The van der Waals surface area contributed by atoms with Gasteiger partial charge >= 0.3 is 5.63 Å². The van der Waals surface area contributed by atoms with Crippen molar-refractivity contribution in [2.75, 3.05) is 0 Å². The van der Waals surface area contributed by atoms with Gasteiger partial charge in [-0.15, -0.1) is 12.6 Å². The zero-order valence-electron chi connectivity index (χ0n) is 7.07. The Morgan fingerprint density at radius 1 is 1.31 bits per heavy atom. The quantitative estimate of drug-likeness (QED) is 0.513. The molecule has 0 radical (unpaired) electrons. The molecule has 0 saturated heterocycles. The molecule has 0 aliphatic carbocycles. The molecule has 0 aliphatic rings. The second-order valence-electron chi connectivity index (χ2n) is 2.93. The van der Waals surface area contributed by atoms with Crippen LogP contribution in [0.25, 0.3) is 11.0 Å². The first kappa shape index (κ1) is 8.38. The minimum Gasteiger partial charge on any atom is -0.423 e. The molecule has 13 heavy (non-hydrogen) atoms. The molecule has 2 rings (SSSR count).